The molecule has 0 aliphatic carbocycles. The Morgan fingerprint density at radius 1 is 1.50 bits per heavy atom. The summed E-state index contributed by atoms with van der Waals surface area (Å²) in [7, 11) is 0. The second-order valence-electron chi connectivity index (χ2n) is 3.79. The van der Waals surface area contributed by atoms with E-state index >= 15 is 0 Å². The Balaban J connectivity index is 2.39. The zero-order chi connectivity index (χ0) is 12.1. The predicted octanol–water partition coefficient (Wildman–Crippen LogP) is 3.00. The lowest BCUT2D eigenvalue weighted by Gasteiger charge is -2.13. The van der Waals surface area contributed by atoms with E-state index in [1.54, 1.807) is 0 Å². The minimum atomic E-state index is -0.106. The number of rotatable bonds is 5. The zero-order valence-corrected chi connectivity index (χ0v) is 11.2. The number of ether oxygens (including phenoxy) is 1. The van der Waals surface area contributed by atoms with Crippen molar-refractivity contribution in [1.29, 1.82) is 0 Å². The maximum atomic E-state index is 11.5. The second-order valence-corrected chi connectivity index (χ2v) is 5.54. The fourth-order valence-corrected chi connectivity index (χ4v) is 2.22. The molecule has 1 amide bonds. The minimum Gasteiger partial charge on any atom is -0.369 e. The van der Waals surface area contributed by atoms with E-state index in [1.165, 1.54) is 11.3 Å². The van der Waals surface area contributed by atoms with Crippen molar-refractivity contribution < 1.29 is 9.53 Å². The van der Waals surface area contributed by atoms with Crippen LogP contribution in [-0.4, -0.2) is 18.6 Å². The van der Waals surface area contributed by atoms with Crippen LogP contribution in [0.5, 0.6) is 0 Å². The van der Waals surface area contributed by atoms with E-state index in [0.717, 1.165) is 9.21 Å². The summed E-state index contributed by atoms with van der Waals surface area (Å²) in [6, 6.07) is 3.72. The fraction of sp³-hybridized carbons (Fsp3) is 0.545. The SMILES string of the molecule is CC(C)OCC(=O)NC(C)c1ccc(Cl)s1. The first-order valence-electron chi connectivity index (χ1n) is 5.15. The highest BCUT2D eigenvalue weighted by Gasteiger charge is 2.11. The molecule has 3 nitrogen and oxygen atoms in total. The number of nitrogens with one attached hydrogen (secondary N) is 1. The van der Waals surface area contributed by atoms with Crippen LogP contribution in [0.15, 0.2) is 12.1 Å². The molecule has 90 valence electrons. The lowest BCUT2D eigenvalue weighted by atomic mass is 10.3. The summed E-state index contributed by atoms with van der Waals surface area (Å²) in [6.45, 7) is 5.82. The van der Waals surface area contributed by atoms with Gasteiger partial charge in [-0.1, -0.05) is 11.6 Å². The van der Waals surface area contributed by atoms with E-state index in [1.807, 2.05) is 32.9 Å². The first-order valence-corrected chi connectivity index (χ1v) is 6.34. The molecular formula is C11H16ClNO2S. The van der Waals surface area contributed by atoms with E-state index in [4.69, 9.17) is 16.3 Å². The van der Waals surface area contributed by atoms with Crippen molar-refractivity contribution in [3.8, 4) is 0 Å². The van der Waals surface area contributed by atoms with Gasteiger partial charge in [-0.15, -0.1) is 11.3 Å². The third kappa shape index (κ3) is 4.51. The quantitative estimate of drug-likeness (QED) is 0.885. The third-order valence-corrected chi connectivity index (χ3v) is 3.36. The first-order chi connectivity index (χ1) is 7.49. The van der Waals surface area contributed by atoms with Crippen molar-refractivity contribution in [3.63, 3.8) is 0 Å². The number of amides is 1. The highest BCUT2D eigenvalue weighted by atomic mass is 35.5. The standard InChI is InChI=1S/C11H16ClNO2S/c1-7(2)15-6-11(14)13-8(3)9-4-5-10(12)16-9/h4-5,7-8H,6H2,1-3H3,(H,13,14). The Kier molecular flexibility index (Phi) is 5.25. The molecule has 1 heterocycles. The van der Waals surface area contributed by atoms with Gasteiger partial charge >= 0.3 is 0 Å². The summed E-state index contributed by atoms with van der Waals surface area (Å²) >= 11 is 7.30. The van der Waals surface area contributed by atoms with E-state index in [0.29, 0.717) is 0 Å². The van der Waals surface area contributed by atoms with Crippen molar-refractivity contribution in [2.45, 2.75) is 32.9 Å². The second kappa shape index (κ2) is 6.23. The Bertz CT molecular complexity index is 352. The van der Waals surface area contributed by atoms with Crippen LogP contribution in [0, 0.1) is 0 Å². The molecule has 0 saturated heterocycles. The minimum absolute atomic E-state index is 0.0271. The molecule has 1 rings (SSSR count). The van der Waals surface area contributed by atoms with E-state index in [2.05, 4.69) is 5.32 Å². The summed E-state index contributed by atoms with van der Waals surface area (Å²) in [5.41, 5.74) is 0. The van der Waals surface area contributed by atoms with Crippen LogP contribution < -0.4 is 5.32 Å². The number of carbonyl (C=O) groups excluding carboxylic acids is 1. The maximum Gasteiger partial charge on any atom is 0.246 e. The van der Waals surface area contributed by atoms with Crippen molar-refractivity contribution in [1.82, 2.24) is 5.32 Å². The van der Waals surface area contributed by atoms with E-state index in [-0.39, 0.29) is 24.7 Å². The summed E-state index contributed by atoms with van der Waals surface area (Å²) in [5, 5.41) is 2.85. The number of carbonyl (C=O) groups is 1. The molecule has 1 atom stereocenters. The van der Waals surface area contributed by atoms with Crippen LogP contribution in [0.4, 0.5) is 0 Å². The van der Waals surface area contributed by atoms with Gasteiger partial charge in [-0.25, -0.2) is 0 Å². The lowest BCUT2D eigenvalue weighted by molar-refractivity contribution is -0.127. The smallest absolute Gasteiger partial charge is 0.246 e. The van der Waals surface area contributed by atoms with E-state index in [9.17, 15) is 4.79 Å². The topological polar surface area (TPSA) is 38.3 Å². The van der Waals surface area contributed by atoms with Crippen LogP contribution in [-0.2, 0) is 9.53 Å². The van der Waals surface area contributed by atoms with Crippen LogP contribution in [0.25, 0.3) is 0 Å². The Morgan fingerprint density at radius 2 is 2.19 bits per heavy atom. The van der Waals surface area contributed by atoms with Gasteiger partial charge in [0.05, 0.1) is 16.5 Å². The van der Waals surface area contributed by atoms with Crippen molar-refractivity contribution >= 4 is 28.8 Å². The summed E-state index contributed by atoms with van der Waals surface area (Å²) in [5.74, 6) is -0.106. The molecule has 1 aromatic rings. The maximum absolute atomic E-state index is 11.5. The molecule has 1 N–H and O–H groups in total. The molecule has 0 spiro atoms. The van der Waals surface area contributed by atoms with Gasteiger partial charge in [0, 0.05) is 4.88 Å². The number of thiophene rings is 1. The first kappa shape index (κ1) is 13.5. The molecule has 1 aromatic heterocycles. The molecule has 0 fully saturated rings. The number of halogens is 1. The highest BCUT2D eigenvalue weighted by molar-refractivity contribution is 7.16. The van der Waals surface area contributed by atoms with Crippen LogP contribution in [0.1, 0.15) is 31.7 Å². The Morgan fingerprint density at radius 3 is 2.69 bits per heavy atom. The van der Waals surface area contributed by atoms with Crippen molar-refractivity contribution in [2.75, 3.05) is 6.61 Å². The Labute approximate surface area is 105 Å². The third-order valence-electron chi connectivity index (χ3n) is 1.95. The van der Waals surface area contributed by atoms with E-state index < -0.39 is 0 Å². The molecule has 0 bridgehead atoms. The summed E-state index contributed by atoms with van der Waals surface area (Å²) in [4.78, 5) is 12.5. The molecule has 0 saturated carbocycles. The Hall–Kier alpha value is -0.580. The molecule has 0 aromatic carbocycles. The van der Waals surface area contributed by atoms with Gasteiger partial charge in [0.1, 0.15) is 6.61 Å². The van der Waals surface area contributed by atoms with Crippen LogP contribution in [0.2, 0.25) is 4.34 Å². The van der Waals surface area contributed by atoms with Gasteiger partial charge in [-0.05, 0) is 32.9 Å². The number of hydrogen-bond donors (Lipinski definition) is 1. The monoisotopic (exact) mass is 261 g/mol. The molecular weight excluding hydrogens is 246 g/mol. The number of hydrogen-bond acceptors (Lipinski definition) is 3. The average Bonchev–Trinajstić information content (AvgIpc) is 2.62. The van der Waals surface area contributed by atoms with Gasteiger partial charge in [0.2, 0.25) is 5.91 Å². The zero-order valence-electron chi connectivity index (χ0n) is 9.62. The predicted molar refractivity (Wildman–Crippen MR) is 67.0 cm³/mol. The van der Waals surface area contributed by atoms with Gasteiger partial charge in [-0.3, -0.25) is 4.79 Å². The van der Waals surface area contributed by atoms with Gasteiger partial charge in [0.25, 0.3) is 0 Å². The molecule has 5 heteroatoms. The molecule has 0 aliphatic heterocycles. The van der Waals surface area contributed by atoms with Crippen LogP contribution >= 0.6 is 22.9 Å². The highest BCUT2D eigenvalue weighted by Crippen LogP contribution is 2.26. The van der Waals surface area contributed by atoms with Crippen molar-refractivity contribution in [3.05, 3.63) is 21.3 Å². The molecule has 16 heavy (non-hydrogen) atoms. The molecule has 0 aliphatic rings. The average molecular weight is 262 g/mol. The molecule has 0 radical (unpaired) electrons. The fourth-order valence-electron chi connectivity index (χ4n) is 1.16. The van der Waals surface area contributed by atoms with Crippen molar-refractivity contribution in [2.24, 2.45) is 0 Å². The normalized spacial score (nSPS) is 12.8. The van der Waals surface area contributed by atoms with Gasteiger partial charge in [0.15, 0.2) is 0 Å². The largest absolute Gasteiger partial charge is 0.369 e. The lowest BCUT2D eigenvalue weighted by Crippen LogP contribution is -2.30. The van der Waals surface area contributed by atoms with Gasteiger partial charge in [-0.2, -0.15) is 0 Å². The van der Waals surface area contributed by atoms with Gasteiger partial charge < -0.3 is 10.1 Å². The summed E-state index contributed by atoms with van der Waals surface area (Å²) in [6.07, 6.45) is 0.0669. The van der Waals surface area contributed by atoms with Crippen LogP contribution in [0.3, 0.4) is 0 Å². The summed E-state index contributed by atoms with van der Waals surface area (Å²) < 4.78 is 5.94. The molecule has 1 unspecified atom stereocenters.